The number of nitrogens with one attached hydrogen (secondary N) is 2. The molecule has 0 spiro atoms. The van der Waals surface area contributed by atoms with Crippen LogP contribution in [-0.4, -0.2) is 57.4 Å². The van der Waals surface area contributed by atoms with Gasteiger partial charge < -0.3 is 15.4 Å². The summed E-state index contributed by atoms with van der Waals surface area (Å²) < 4.78 is 30.6. The van der Waals surface area contributed by atoms with Crippen molar-refractivity contribution in [1.29, 1.82) is 0 Å². The maximum atomic E-state index is 12.0. The number of nitrogens with zero attached hydrogens (tertiary/aromatic N) is 1. The van der Waals surface area contributed by atoms with Crippen LogP contribution in [-0.2, 0) is 14.8 Å². The van der Waals surface area contributed by atoms with E-state index in [9.17, 15) is 13.2 Å². The van der Waals surface area contributed by atoms with Crippen molar-refractivity contribution in [1.82, 2.24) is 9.62 Å². The first-order valence-corrected chi connectivity index (χ1v) is 8.34. The lowest BCUT2D eigenvalue weighted by atomic mass is 10.3. The molecule has 0 saturated carbocycles. The molecule has 2 N–H and O–H groups in total. The first-order chi connectivity index (χ1) is 10.1. The molecule has 0 bridgehead atoms. The fourth-order valence-corrected chi connectivity index (χ4v) is 3.27. The molecule has 1 aromatic rings. The van der Waals surface area contributed by atoms with Crippen LogP contribution in [0.4, 0.5) is 10.5 Å². The normalized spacial score (nSPS) is 16.4. The van der Waals surface area contributed by atoms with Gasteiger partial charge in [-0.25, -0.2) is 13.2 Å². The van der Waals surface area contributed by atoms with E-state index in [-0.39, 0.29) is 12.3 Å². The number of para-hydroxylation sites is 1. The fraction of sp³-hybridized carbons (Fsp3) is 0.462. The zero-order chi connectivity index (χ0) is 15.1. The Morgan fingerprint density at radius 2 is 1.86 bits per heavy atom. The summed E-state index contributed by atoms with van der Waals surface area (Å²) in [5.74, 6) is -0.116. The third-order valence-corrected chi connectivity index (χ3v) is 4.91. The number of sulfonamides is 1. The number of morpholine rings is 1. The van der Waals surface area contributed by atoms with E-state index in [1.807, 2.05) is 6.07 Å². The maximum Gasteiger partial charge on any atom is 0.319 e. The van der Waals surface area contributed by atoms with Crippen LogP contribution in [0.2, 0.25) is 0 Å². The largest absolute Gasteiger partial charge is 0.379 e. The number of carbonyl (C=O) groups is 1. The summed E-state index contributed by atoms with van der Waals surface area (Å²) in [4.78, 5) is 11.6. The molecule has 0 unspecified atom stereocenters. The molecule has 1 fully saturated rings. The molecule has 0 aliphatic carbocycles. The minimum absolute atomic E-state index is 0.0678. The second kappa shape index (κ2) is 7.39. The highest BCUT2D eigenvalue weighted by Gasteiger charge is 2.23. The highest BCUT2D eigenvalue weighted by atomic mass is 32.2. The molecule has 8 heteroatoms. The molecular weight excluding hydrogens is 294 g/mol. The monoisotopic (exact) mass is 313 g/mol. The van der Waals surface area contributed by atoms with Crippen molar-refractivity contribution in [2.45, 2.75) is 0 Å². The smallest absolute Gasteiger partial charge is 0.319 e. The van der Waals surface area contributed by atoms with Crippen LogP contribution in [0.15, 0.2) is 30.3 Å². The minimum atomic E-state index is -3.34. The van der Waals surface area contributed by atoms with Gasteiger partial charge >= 0.3 is 6.03 Å². The summed E-state index contributed by atoms with van der Waals surface area (Å²) in [6, 6.07) is 8.54. The van der Waals surface area contributed by atoms with Gasteiger partial charge in [0, 0.05) is 25.3 Å². The minimum Gasteiger partial charge on any atom is -0.379 e. The Kier molecular flexibility index (Phi) is 5.54. The molecule has 7 nitrogen and oxygen atoms in total. The Labute approximate surface area is 124 Å². The Morgan fingerprint density at radius 1 is 1.19 bits per heavy atom. The van der Waals surface area contributed by atoms with Gasteiger partial charge in [-0.3, -0.25) is 0 Å². The molecule has 1 saturated heterocycles. The van der Waals surface area contributed by atoms with Gasteiger partial charge in [-0.1, -0.05) is 18.2 Å². The molecule has 1 heterocycles. The molecule has 0 aromatic heterocycles. The number of hydrogen-bond donors (Lipinski definition) is 2. The molecule has 2 amide bonds. The SMILES string of the molecule is O=C(NCCS(=O)(=O)N1CCOCC1)Nc1ccccc1. The number of hydrogen-bond acceptors (Lipinski definition) is 4. The van der Waals surface area contributed by atoms with Crippen LogP contribution in [0.25, 0.3) is 0 Å². The Balaban J connectivity index is 1.74. The van der Waals surface area contributed by atoms with Gasteiger partial charge in [-0.2, -0.15) is 4.31 Å². The van der Waals surface area contributed by atoms with Crippen LogP contribution >= 0.6 is 0 Å². The van der Waals surface area contributed by atoms with E-state index < -0.39 is 16.1 Å². The van der Waals surface area contributed by atoms with Crippen LogP contribution in [0.3, 0.4) is 0 Å². The quantitative estimate of drug-likeness (QED) is 0.827. The summed E-state index contributed by atoms with van der Waals surface area (Å²) in [5.41, 5.74) is 0.658. The Hall–Kier alpha value is -1.64. The Morgan fingerprint density at radius 3 is 2.52 bits per heavy atom. The molecule has 21 heavy (non-hydrogen) atoms. The van der Waals surface area contributed by atoms with Crippen LogP contribution in [0.5, 0.6) is 0 Å². The van der Waals surface area contributed by atoms with Crippen LogP contribution in [0.1, 0.15) is 0 Å². The first-order valence-electron chi connectivity index (χ1n) is 6.73. The van der Waals surface area contributed by atoms with Crippen molar-refractivity contribution in [3.63, 3.8) is 0 Å². The molecule has 2 rings (SSSR count). The number of amides is 2. The molecule has 0 radical (unpaired) electrons. The van der Waals surface area contributed by atoms with Gasteiger partial charge in [-0.05, 0) is 12.1 Å². The van der Waals surface area contributed by atoms with Gasteiger partial charge in [0.25, 0.3) is 0 Å². The van der Waals surface area contributed by atoms with E-state index >= 15 is 0 Å². The van der Waals surface area contributed by atoms with Crippen LogP contribution < -0.4 is 10.6 Å². The lowest BCUT2D eigenvalue weighted by molar-refractivity contribution is 0.0730. The van der Waals surface area contributed by atoms with Crippen molar-refractivity contribution >= 4 is 21.7 Å². The number of carbonyl (C=O) groups excluding carboxylic acids is 1. The fourth-order valence-electron chi connectivity index (χ4n) is 1.94. The number of urea groups is 1. The van der Waals surface area contributed by atoms with E-state index in [0.29, 0.717) is 32.0 Å². The summed E-state index contributed by atoms with van der Waals surface area (Å²) in [5, 5.41) is 5.17. The third-order valence-electron chi connectivity index (χ3n) is 3.04. The Bertz CT molecular complexity index is 556. The highest BCUT2D eigenvalue weighted by molar-refractivity contribution is 7.89. The van der Waals surface area contributed by atoms with Crippen molar-refractivity contribution in [3.8, 4) is 0 Å². The second-order valence-electron chi connectivity index (χ2n) is 4.57. The molecule has 116 valence electrons. The molecular formula is C13H19N3O4S. The average molecular weight is 313 g/mol. The predicted molar refractivity (Wildman–Crippen MR) is 79.6 cm³/mol. The van der Waals surface area contributed by atoms with Crippen molar-refractivity contribution < 1.29 is 17.9 Å². The number of rotatable bonds is 5. The van der Waals surface area contributed by atoms with Gasteiger partial charge in [-0.15, -0.1) is 0 Å². The molecule has 0 atom stereocenters. The summed E-state index contributed by atoms with van der Waals surface area (Å²) in [6.45, 7) is 1.65. The van der Waals surface area contributed by atoms with E-state index in [1.165, 1.54) is 4.31 Å². The molecule has 1 aromatic carbocycles. The lowest BCUT2D eigenvalue weighted by Gasteiger charge is -2.26. The zero-order valence-electron chi connectivity index (χ0n) is 11.6. The number of ether oxygens (including phenoxy) is 1. The summed E-state index contributed by atoms with van der Waals surface area (Å²) in [6.07, 6.45) is 0. The predicted octanol–water partition coefficient (Wildman–Crippen LogP) is 0.470. The van der Waals surface area contributed by atoms with Crippen molar-refractivity contribution in [2.75, 3.05) is 43.9 Å². The third kappa shape index (κ3) is 5.00. The standard InChI is InChI=1S/C13H19N3O4S/c17-13(15-12-4-2-1-3-5-12)14-6-11-21(18,19)16-7-9-20-10-8-16/h1-5H,6-11H2,(H2,14,15,17). The average Bonchev–Trinajstić information content (AvgIpc) is 2.49. The van der Waals surface area contributed by atoms with Gasteiger partial charge in [0.1, 0.15) is 0 Å². The molecule has 1 aliphatic heterocycles. The molecule has 1 aliphatic rings. The van der Waals surface area contributed by atoms with Crippen molar-refractivity contribution in [3.05, 3.63) is 30.3 Å². The van der Waals surface area contributed by atoms with E-state index in [1.54, 1.807) is 24.3 Å². The summed E-state index contributed by atoms with van der Waals surface area (Å²) >= 11 is 0. The summed E-state index contributed by atoms with van der Waals surface area (Å²) in [7, 11) is -3.34. The number of benzene rings is 1. The maximum absolute atomic E-state index is 12.0. The topological polar surface area (TPSA) is 87.7 Å². The lowest BCUT2D eigenvalue weighted by Crippen LogP contribution is -2.44. The van der Waals surface area contributed by atoms with Gasteiger partial charge in [0.2, 0.25) is 10.0 Å². The van der Waals surface area contributed by atoms with Crippen molar-refractivity contribution in [2.24, 2.45) is 0 Å². The zero-order valence-corrected chi connectivity index (χ0v) is 12.4. The second-order valence-corrected chi connectivity index (χ2v) is 6.66. The number of anilines is 1. The van der Waals surface area contributed by atoms with Gasteiger partial charge in [0.05, 0.1) is 19.0 Å². The van der Waals surface area contributed by atoms with Crippen LogP contribution in [0, 0.1) is 0 Å². The van der Waals surface area contributed by atoms with E-state index in [0.717, 1.165) is 0 Å². The first kappa shape index (κ1) is 15.7. The van der Waals surface area contributed by atoms with E-state index in [2.05, 4.69) is 10.6 Å². The highest BCUT2D eigenvalue weighted by Crippen LogP contribution is 2.06. The van der Waals surface area contributed by atoms with E-state index in [4.69, 9.17) is 4.74 Å². The van der Waals surface area contributed by atoms with Gasteiger partial charge in [0.15, 0.2) is 0 Å².